The molecule has 82 valence electrons. The summed E-state index contributed by atoms with van der Waals surface area (Å²) in [6, 6.07) is 0.493. The molecule has 1 aliphatic rings. The van der Waals surface area contributed by atoms with Crippen LogP contribution in [0.2, 0.25) is 0 Å². The summed E-state index contributed by atoms with van der Waals surface area (Å²) < 4.78 is 0. The molecule has 2 N–H and O–H groups in total. The summed E-state index contributed by atoms with van der Waals surface area (Å²) in [4.78, 5) is 11.5. The molecule has 0 aromatic carbocycles. The number of amides is 1. The molecule has 0 bridgehead atoms. The van der Waals surface area contributed by atoms with E-state index in [9.17, 15) is 4.79 Å². The Kier molecular flexibility index (Phi) is 5.33. The maximum Gasteiger partial charge on any atom is 0.233 e. The summed E-state index contributed by atoms with van der Waals surface area (Å²) in [5.74, 6) is 1.36. The topological polar surface area (TPSA) is 41.1 Å². The molecule has 4 heteroatoms. The van der Waals surface area contributed by atoms with Crippen LogP contribution in [0.5, 0.6) is 0 Å². The van der Waals surface area contributed by atoms with Gasteiger partial charge in [-0.2, -0.15) is 0 Å². The number of hydrogen-bond acceptors (Lipinski definition) is 3. The van der Waals surface area contributed by atoms with Gasteiger partial charge in [0.2, 0.25) is 5.91 Å². The maximum atomic E-state index is 11.5. The van der Waals surface area contributed by atoms with E-state index in [1.165, 1.54) is 6.42 Å². The van der Waals surface area contributed by atoms with Crippen LogP contribution in [-0.4, -0.2) is 36.0 Å². The van der Waals surface area contributed by atoms with E-state index < -0.39 is 0 Å². The third-order valence-electron chi connectivity index (χ3n) is 2.20. The zero-order valence-corrected chi connectivity index (χ0v) is 9.82. The van der Waals surface area contributed by atoms with Crippen molar-refractivity contribution < 1.29 is 4.79 Å². The predicted octanol–water partition coefficient (Wildman–Crippen LogP) is 0.996. The first-order chi connectivity index (χ1) is 6.70. The number of carbonyl (C=O) groups is 1. The van der Waals surface area contributed by atoms with Crippen LogP contribution in [-0.2, 0) is 4.79 Å². The number of rotatable bonds is 5. The molecule has 1 aliphatic heterocycles. The Morgan fingerprint density at radius 3 is 2.86 bits per heavy atom. The lowest BCUT2D eigenvalue weighted by Gasteiger charge is -2.11. The van der Waals surface area contributed by atoms with E-state index >= 15 is 0 Å². The zero-order chi connectivity index (χ0) is 10.4. The fourth-order valence-corrected chi connectivity index (χ4v) is 2.63. The number of nitrogens with one attached hydrogen (secondary N) is 2. The van der Waals surface area contributed by atoms with Gasteiger partial charge in [-0.1, -0.05) is 13.8 Å². The summed E-state index contributed by atoms with van der Waals surface area (Å²) in [5.41, 5.74) is 0. The molecule has 0 aromatic rings. The molecule has 1 saturated heterocycles. The molecule has 0 spiro atoms. The molecule has 0 aliphatic carbocycles. The van der Waals surface area contributed by atoms with E-state index in [0.29, 0.717) is 6.04 Å². The third-order valence-corrected chi connectivity index (χ3v) is 3.58. The third kappa shape index (κ3) is 4.33. The fraction of sp³-hybridized carbons (Fsp3) is 0.900. The number of carbonyl (C=O) groups excluding carboxylic acids is 1. The van der Waals surface area contributed by atoms with Gasteiger partial charge in [0.05, 0.1) is 5.25 Å². The Bertz CT molecular complexity index is 179. The van der Waals surface area contributed by atoms with Gasteiger partial charge in [-0.15, -0.1) is 11.8 Å². The molecule has 1 amide bonds. The second-order valence-electron chi connectivity index (χ2n) is 3.90. The van der Waals surface area contributed by atoms with Crippen LogP contribution in [0, 0.1) is 0 Å². The lowest BCUT2D eigenvalue weighted by atomic mass is 10.2. The second kappa shape index (κ2) is 6.30. The van der Waals surface area contributed by atoms with Crippen LogP contribution in [0.4, 0.5) is 0 Å². The van der Waals surface area contributed by atoms with Crippen molar-refractivity contribution in [3.63, 3.8) is 0 Å². The van der Waals surface area contributed by atoms with Crippen molar-refractivity contribution in [2.75, 3.05) is 18.8 Å². The van der Waals surface area contributed by atoms with Crippen molar-refractivity contribution in [3.8, 4) is 0 Å². The average molecular weight is 216 g/mol. The van der Waals surface area contributed by atoms with Gasteiger partial charge in [0.1, 0.15) is 0 Å². The van der Waals surface area contributed by atoms with Gasteiger partial charge in [0, 0.05) is 19.1 Å². The highest BCUT2D eigenvalue weighted by Crippen LogP contribution is 2.25. The van der Waals surface area contributed by atoms with Gasteiger partial charge in [0.15, 0.2) is 0 Å². The van der Waals surface area contributed by atoms with Gasteiger partial charge in [-0.05, 0) is 18.6 Å². The number of thioether (sulfide) groups is 1. The smallest absolute Gasteiger partial charge is 0.233 e. The minimum atomic E-state index is 0.217. The standard InChI is InChI=1S/C10H20N2OS/c1-8(2)11-5-6-12-10(13)9-4-3-7-14-9/h8-9,11H,3-7H2,1-2H3,(H,12,13). The van der Waals surface area contributed by atoms with Crippen molar-refractivity contribution in [2.45, 2.75) is 38.0 Å². The fourth-order valence-electron chi connectivity index (χ4n) is 1.44. The molecular weight excluding hydrogens is 196 g/mol. The van der Waals surface area contributed by atoms with Gasteiger partial charge in [-0.25, -0.2) is 0 Å². The first kappa shape index (κ1) is 11.9. The molecule has 1 fully saturated rings. The van der Waals surface area contributed by atoms with E-state index in [4.69, 9.17) is 0 Å². The van der Waals surface area contributed by atoms with E-state index in [1.54, 1.807) is 11.8 Å². The minimum absolute atomic E-state index is 0.217. The first-order valence-corrected chi connectivity index (χ1v) is 6.37. The normalized spacial score (nSPS) is 21.5. The Labute approximate surface area is 90.4 Å². The molecule has 0 aromatic heterocycles. The van der Waals surface area contributed by atoms with E-state index in [0.717, 1.165) is 25.3 Å². The van der Waals surface area contributed by atoms with Gasteiger partial charge in [0.25, 0.3) is 0 Å². The highest BCUT2D eigenvalue weighted by Gasteiger charge is 2.22. The Hall–Kier alpha value is -0.220. The Balaban J connectivity index is 2.03. The van der Waals surface area contributed by atoms with Crippen LogP contribution in [0.15, 0.2) is 0 Å². The summed E-state index contributed by atoms with van der Waals surface area (Å²) in [6.45, 7) is 5.82. The summed E-state index contributed by atoms with van der Waals surface area (Å²) >= 11 is 1.78. The average Bonchev–Trinajstić information content (AvgIpc) is 2.64. The largest absolute Gasteiger partial charge is 0.354 e. The van der Waals surface area contributed by atoms with Crippen molar-refractivity contribution in [1.29, 1.82) is 0 Å². The first-order valence-electron chi connectivity index (χ1n) is 5.33. The molecule has 14 heavy (non-hydrogen) atoms. The maximum absolute atomic E-state index is 11.5. The highest BCUT2D eigenvalue weighted by atomic mass is 32.2. The van der Waals surface area contributed by atoms with Crippen LogP contribution < -0.4 is 10.6 Å². The van der Waals surface area contributed by atoms with Gasteiger partial charge in [-0.3, -0.25) is 4.79 Å². The SMILES string of the molecule is CC(C)NCCNC(=O)C1CCCS1. The van der Waals surface area contributed by atoms with Crippen LogP contribution in [0.3, 0.4) is 0 Å². The molecule has 3 nitrogen and oxygen atoms in total. The lowest BCUT2D eigenvalue weighted by molar-refractivity contribution is -0.120. The summed E-state index contributed by atoms with van der Waals surface area (Å²) in [7, 11) is 0. The molecule has 0 radical (unpaired) electrons. The molecule has 1 atom stereocenters. The van der Waals surface area contributed by atoms with Crippen molar-refractivity contribution in [1.82, 2.24) is 10.6 Å². The summed E-state index contributed by atoms with van der Waals surface area (Å²) in [5, 5.41) is 6.44. The van der Waals surface area contributed by atoms with Crippen molar-refractivity contribution in [3.05, 3.63) is 0 Å². The van der Waals surface area contributed by atoms with Crippen LogP contribution in [0.1, 0.15) is 26.7 Å². The molecule has 1 unspecified atom stereocenters. The lowest BCUT2D eigenvalue weighted by Crippen LogP contribution is -2.38. The van der Waals surface area contributed by atoms with Gasteiger partial charge < -0.3 is 10.6 Å². The summed E-state index contributed by atoms with van der Waals surface area (Å²) in [6.07, 6.45) is 2.24. The monoisotopic (exact) mass is 216 g/mol. The quantitative estimate of drug-likeness (QED) is 0.674. The predicted molar refractivity (Wildman–Crippen MR) is 61.6 cm³/mol. The Morgan fingerprint density at radius 2 is 2.29 bits per heavy atom. The molecule has 0 saturated carbocycles. The minimum Gasteiger partial charge on any atom is -0.354 e. The molecular formula is C10H20N2OS. The van der Waals surface area contributed by atoms with Crippen molar-refractivity contribution >= 4 is 17.7 Å². The van der Waals surface area contributed by atoms with E-state index in [2.05, 4.69) is 24.5 Å². The zero-order valence-electron chi connectivity index (χ0n) is 9.01. The van der Waals surface area contributed by atoms with E-state index in [-0.39, 0.29) is 11.2 Å². The molecule has 1 rings (SSSR count). The molecule has 1 heterocycles. The van der Waals surface area contributed by atoms with Crippen LogP contribution in [0.25, 0.3) is 0 Å². The second-order valence-corrected chi connectivity index (χ2v) is 5.21. The Morgan fingerprint density at radius 1 is 1.50 bits per heavy atom. The van der Waals surface area contributed by atoms with Crippen LogP contribution >= 0.6 is 11.8 Å². The highest BCUT2D eigenvalue weighted by molar-refractivity contribution is 8.00. The van der Waals surface area contributed by atoms with E-state index in [1.807, 2.05) is 0 Å². The van der Waals surface area contributed by atoms with Gasteiger partial charge >= 0.3 is 0 Å². The number of hydrogen-bond donors (Lipinski definition) is 2. The van der Waals surface area contributed by atoms with Crippen molar-refractivity contribution in [2.24, 2.45) is 0 Å².